The molecule has 0 radical (unpaired) electrons. The highest BCUT2D eigenvalue weighted by Gasteiger charge is 2.12. The molecule has 1 N–H and O–H groups in total. The van der Waals surface area contributed by atoms with Gasteiger partial charge in [-0.3, -0.25) is 4.99 Å². The van der Waals surface area contributed by atoms with Crippen LogP contribution in [0.4, 0.5) is 5.69 Å². The molecule has 0 bridgehead atoms. The van der Waals surface area contributed by atoms with E-state index < -0.39 is 0 Å². The molecule has 0 saturated carbocycles. The summed E-state index contributed by atoms with van der Waals surface area (Å²) in [6.07, 6.45) is 12.2. The maximum atomic E-state index is 4.40. The van der Waals surface area contributed by atoms with Crippen molar-refractivity contribution in [2.75, 3.05) is 0 Å². The Balaban J connectivity index is 2.61. The quantitative estimate of drug-likeness (QED) is 0.716. The first-order chi connectivity index (χ1) is 7.76. The summed E-state index contributed by atoms with van der Waals surface area (Å²) in [4.78, 5) is 7.73. The van der Waals surface area contributed by atoms with Crippen molar-refractivity contribution < 1.29 is 0 Å². The first-order valence-electron chi connectivity index (χ1n) is 5.49. The van der Waals surface area contributed by atoms with Crippen LogP contribution in [0, 0.1) is 5.92 Å². The average molecular weight is 212 g/mol. The summed E-state index contributed by atoms with van der Waals surface area (Å²) in [6, 6.07) is 0. The van der Waals surface area contributed by atoms with Gasteiger partial charge in [0.2, 0.25) is 0 Å². The third kappa shape index (κ3) is 1.78. The third-order valence-corrected chi connectivity index (χ3v) is 2.66. The minimum Gasteiger partial charge on any atom is -0.353 e. The van der Waals surface area contributed by atoms with Gasteiger partial charge in [-0.2, -0.15) is 0 Å². The zero-order valence-electron chi connectivity index (χ0n) is 9.70. The topological polar surface area (TPSA) is 28.1 Å². The second-order valence-electron chi connectivity index (χ2n) is 3.88. The smallest absolute Gasteiger partial charge is 0.0953 e. The van der Waals surface area contributed by atoms with Crippen LogP contribution in [-0.2, 0) is 0 Å². The van der Waals surface area contributed by atoms with Gasteiger partial charge in [-0.15, -0.1) is 0 Å². The van der Waals surface area contributed by atoms with Crippen LogP contribution >= 0.6 is 0 Å². The Morgan fingerprint density at radius 3 is 2.81 bits per heavy atom. The Kier molecular flexibility index (Phi) is 2.91. The van der Waals surface area contributed by atoms with Crippen LogP contribution < -0.4 is 0 Å². The van der Waals surface area contributed by atoms with E-state index in [0.717, 1.165) is 22.6 Å². The average Bonchev–Trinajstić information content (AvgIpc) is 2.51. The fourth-order valence-electron chi connectivity index (χ4n) is 1.82. The van der Waals surface area contributed by atoms with Gasteiger partial charge < -0.3 is 4.98 Å². The van der Waals surface area contributed by atoms with E-state index >= 15 is 0 Å². The van der Waals surface area contributed by atoms with Gasteiger partial charge in [0.15, 0.2) is 0 Å². The number of H-pyrrole nitrogens is 1. The van der Waals surface area contributed by atoms with Crippen LogP contribution in [0.1, 0.15) is 30.8 Å². The summed E-state index contributed by atoms with van der Waals surface area (Å²) >= 11 is 0. The number of aliphatic imine (C=N–C) groups is 1. The zero-order chi connectivity index (χ0) is 11.5. The maximum Gasteiger partial charge on any atom is 0.0953 e. The van der Waals surface area contributed by atoms with Crippen LogP contribution in [0.25, 0.3) is 18.2 Å². The standard InChI is InChI=1S/C14H16N2/c1-4-12-14(15-5-2)11-8-6-10(3)7-9-13(11)16-12/h4-10,16H,1H2,2-3H3. The SMILES string of the molecule is C=Cc1[nH]c2c(c1N=CC)C=CC(C)C=C2. The fourth-order valence-corrected chi connectivity index (χ4v) is 1.82. The van der Waals surface area contributed by atoms with E-state index in [1.807, 2.05) is 19.2 Å². The van der Waals surface area contributed by atoms with Gasteiger partial charge in [-0.05, 0) is 25.0 Å². The fraction of sp³-hybridized carbons (Fsp3) is 0.214. The van der Waals surface area contributed by atoms with Crippen molar-refractivity contribution in [1.29, 1.82) is 0 Å². The second kappa shape index (κ2) is 4.35. The van der Waals surface area contributed by atoms with Gasteiger partial charge in [-0.1, -0.05) is 31.7 Å². The molecule has 0 aliphatic heterocycles. The van der Waals surface area contributed by atoms with E-state index in [-0.39, 0.29) is 0 Å². The van der Waals surface area contributed by atoms with Crippen molar-refractivity contribution in [2.24, 2.45) is 10.9 Å². The first-order valence-corrected chi connectivity index (χ1v) is 5.49. The van der Waals surface area contributed by atoms with Crippen LogP contribution in [-0.4, -0.2) is 11.2 Å². The number of rotatable bonds is 2. The Hall–Kier alpha value is -1.83. The lowest BCUT2D eigenvalue weighted by Crippen LogP contribution is -1.79. The van der Waals surface area contributed by atoms with Crippen molar-refractivity contribution in [3.8, 4) is 0 Å². The predicted molar refractivity (Wildman–Crippen MR) is 71.9 cm³/mol. The molecule has 1 aromatic rings. The monoisotopic (exact) mass is 212 g/mol. The number of hydrogen-bond donors (Lipinski definition) is 1. The van der Waals surface area contributed by atoms with Crippen molar-refractivity contribution >= 4 is 30.1 Å². The number of hydrogen-bond acceptors (Lipinski definition) is 1. The largest absolute Gasteiger partial charge is 0.353 e. The summed E-state index contributed by atoms with van der Waals surface area (Å²) in [5, 5.41) is 0. The number of aromatic nitrogens is 1. The molecular formula is C14H16N2. The highest BCUT2D eigenvalue weighted by Crippen LogP contribution is 2.32. The number of allylic oxidation sites excluding steroid dienone is 2. The molecule has 0 amide bonds. The number of nitrogens with zero attached hydrogens (tertiary/aromatic N) is 1. The predicted octanol–water partition coefficient (Wildman–Crippen LogP) is 4.06. The zero-order valence-corrected chi connectivity index (χ0v) is 9.70. The summed E-state index contributed by atoms with van der Waals surface area (Å²) in [6.45, 7) is 7.89. The minimum atomic E-state index is 0.464. The lowest BCUT2D eigenvalue weighted by molar-refractivity contribution is 0.953. The van der Waals surface area contributed by atoms with E-state index in [9.17, 15) is 0 Å². The molecular weight excluding hydrogens is 196 g/mol. The van der Waals surface area contributed by atoms with Crippen molar-refractivity contribution in [3.63, 3.8) is 0 Å². The summed E-state index contributed by atoms with van der Waals surface area (Å²) in [5.74, 6) is 0.464. The van der Waals surface area contributed by atoms with Crippen LogP contribution in [0.2, 0.25) is 0 Å². The highest BCUT2D eigenvalue weighted by molar-refractivity contribution is 5.82. The molecule has 0 spiro atoms. The molecule has 0 fully saturated rings. The number of nitrogens with one attached hydrogen (secondary N) is 1. The van der Waals surface area contributed by atoms with Gasteiger partial charge in [0, 0.05) is 17.5 Å². The molecule has 82 valence electrons. The van der Waals surface area contributed by atoms with E-state index in [1.165, 1.54) is 0 Å². The minimum absolute atomic E-state index is 0.464. The normalized spacial score (nSPS) is 18.8. The molecule has 2 heteroatoms. The maximum absolute atomic E-state index is 4.40. The van der Waals surface area contributed by atoms with Crippen LogP contribution in [0.5, 0.6) is 0 Å². The van der Waals surface area contributed by atoms with Crippen molar-refractivity contribution in [2.45, 2.75) is 13.8 Å². The molecule has 1 atom stereocenters. The molecule has 2 rings (SSSR count). The molecule has 1 aliphatic carbocycles. The highest BCUT2D eigenvalue weighted by atomic mass is 14.8. The number of fused-ring (bicyclic) bond motifs is 1. The Labute approximate surface area is 96.1 Å². The van der Waals surface area contributed by atoms with Gasteiger partial charge >= 0.3 is 0 Å². The second-order valence-corrected chi connectivity index (χ2v) is 3.88. The van der Waals surface area contributed by atoms with Gasteiger partial charge in [-0.25, -0.2) is 0 Å². The molecule has 1 unspecified atom stereocenters. The van der Waals surface area contributed by atoms with E-state index in [4.69, 9.17) is 0 Å². The third-order valence-electron chi connectivity index (χ3n) is 2.66. The molecule has 2 nitrogen and oxygen atoms in total. The molecule has 16 heavy (non-hydrogen) atoms. The van der Waals surface area contributed by atoms with Gasteiger partial charge in [0.05, 0.1) is 11.4 Å². The molecule has 1 heterocycles. The molecule has 0 aromatic carbocycles. The number of aromatic amines is 1. The van der Waals surface area contributed by atoms with Crippen LogP contribution in [0.3, 0.4) is 0 Å². The van der Waals surface area contributed by atoms with E-state index in [1.54, 1.807) is 0 Å². The van der Waals surface area contributed by atoms with Gasteiger partial charge in [0.25, 0.3) is 0 Å². The summed E-state index contributed by atoms with van der Waals surface area (Å²) in [7, 11) is 0. The lowest BCUT2D eigenvalue weighted by Gasteiger charge is -1.95. The van der Waals surface area contributed by atoms with E-state index in [2.05, 4.69) is 47.8 Å². The lowest BCUT2D eigenvalue weighted by atomic mass is 10.1. The summed E-state index contributed by atoms with van der Waals surface area (Å²) in [5.41, 5.74) is 4.21. The molecule has 1 aromatic heterocycles. The summed E-state index contributed by atoms with van der Waals surface area (Å²) < 4.78 is 0. The van der Waals surface area contributed by atoms with E-state index in [0.29, 0.717) is 5.92 Å². The Morgan fingerprint density at radius 2 is 2.12 bits per heavy atom. The Bertz CT molecular complexity index is 487. The first kappa shape index (κ1) is 10.7. The van der Waals surface area contributed by atoms with Crippen LogP contribution in [0.15, 0.2) is 23.7 Å². The molecule has 0 saturated heterocycles. The Morgan fingerprint density at radius 1 is 1.38 bits per heavy atom. The van der Waals surface area contributed by atoms with Crippen molar-refractivity contribution in [1.82, 2.24) is 4.98 Å². The molecule has 1 aliphatic rings. The van der Waals surface area contributed by atoms with Gasteiger partial charge in [0.1, 0.15) is 0 Å². The van der Waals surface area contributed by atoms with Crippen molar-refractivity contribution in [3.05, 3.63) is 35.7 Å².